The Morgan fingerprint density at radius 2 is 2.08 bits per heavy atom. The number of hydrazone groups is 1. The van der Waals surface area contributed by atoms with Gasteiger partial charge in [0.15, 0.2) is 0 Å². The van der Waals surface area contributed by atoms with E-state index in [4.69, 9.17) is 5.84 Å². The fraction of sp³-hybridized carbons (Fsp3) is 0.333. The van der Waals surface area contributed by atoms with Crippen LogP contribution in [-0.4, -0.2) is 32.2 Å². The van der Waals surface area contributed by atoms with Crippen molar-refractivity contribution in [3.63, 3.8) is 0 Å². The monoisotopic (exact) mass is 381 g/mol. The van der Waals surface area contributed by atoms with Crippen molar-refractivity contribution in [3.8, 4) is 0 Å². The van der Waals surface area contributed by atoms with Crippen molar-refractivity contribution in [1.29, 1.82) is 0 Å². The molecule has 138 valence electrons. The van der Waals surface area contributed by atoms with Gasteiger partial charge in [-0.2, -0.15) is 5.10 Å². The first-order valence-corrected chi connectivity index (χ1v) is 8.91. The van der Waals surface area contributed by atoms with E-state index in [2.05, 4.69) is 26.0 Å². The van der Waals surface area contributed by atoms with Crippen LogP contribution in [0.25, 0.3) is 0 Å². The Morgan fingerprint density at radius 3 is 2.81 bits per heavy atom. The minimum Gasteiger partial charge on any atom is -0.334 e. The van der Waals surface area contributed by atoms with Crippen LogP contribution in [0, 0.1) is 11.6 Å². The van der Waals surface area contributed by atoms with Gasteiger partial charge >= 0.3 is 0 Å². The van der Waals surface area contributed by atoms with Crippen LogP contribution in [0.1, 0.15) is 25.7 Å². The van der Waals surface area contributed by atoms with E-state index in [1.54, 1.807) is 0 Å². The van der Waals surface area contributed by atoms with Crippen molar-refractivity contribution in [2.75, 3.05) is 22.3 Å². The Balaban J connectivity index is 1.54. The molecule has 3 rings (SSSR count). The van der Waals surface area contributed by atoms with Gasteiger partial charge in [-0.25, -0.2) is 18.9 Å². The molecule has 1 aromatic heterocycles. The number of carbonyl (C=O) groups excluding carboxylic acids is 1. The van der Waals surface area contributed by atoms with Gasteiger partial charge < -0.3 is 11.2 Å². The predicted octanol–water partition coefficient (Wildman–Crippen LogP) is 2.34. The molecule has 0 unspecified atom stereocenters. The highest BCUT2D eigenvalue weighted by atomic mass is 32.2. The maximum Gasteiger partial charge on any atom is 0.264 e. The molecule has 1 aliphatic rings. The lowest BCUT2D eigenvalue weighted by atomic mass is 10.3. The summed E-state index contributed by atoms with van der Waals surface area (Å²) in [4.78, 5) is 11.9. The summed E-state index contributed by atoms with van der Waals surface area (Å²) in [5.74, 6) is 4.02. The Kier molecular flexibility index (Phi) is 5.66. The van der Waals surface area contributed by atoms with Gasteiger partial charge in [-0.1, -0.05) is 11.8 Å². The molecule has 0 aliphatic heterocycles. The molecule has 26 heavy (non-hydrogen) atoms. The number of rotatable bonds is 6. The lowest BCUT2D eigenvalue weighted by Gasteiger charge is -2.06. The van der Waals surface area contributed by atoms with Gasteiger partial charge in [-0.3, -0.25) is 4.79 Å². The van der Waals surface area contributed by atoms with Crippen molar-refractivity contribution in [2.45, 2.75) is 30.8 Å². The fourth-order valence-corrected chi connectivity index (χ4v) is 3.04. The number of thioether (sulfide) groups is 1. The molecule has 4 N–H and O–H groups in total. The summed E-state index contributed by atoms with van der Waals surface area (Å²) in [5, 5.41) is 14.7. The first-order chi connectivity index (χ1) is 12.5. The molecule has 0 radical (unpaired) electrons. The second kappa shape index (κ2) is 8.13. The molecule has 0 bridgehead atoms. The predicted molar refractivity (Wildman–Crippen MR) is 95.4 cm³/mol. The summed E-state index contributed by atoms with van der Waals surface area (Å²) < 4.78 is 27.6. The zero-order chi connectivity index (χ0) is 18.5. The lowest BCUT2D eigenvalue weighted by Crippen LogP contribution is -2.17. The van der Waals surface area contributed by atoms with Crippen LogP contribution >= 0.6 is 11.8 Å². The summed E-state index contributed by atoms with van der Waals surface area (Å²) in [6.07, 6.45) is 4.16. The van der Waals surface area contributed by atoms with Crippen LogP contribution in [0.3, 0.4) is 0 Å². The number of hydrogen-bond acceptors (Lipinski definition) is 7. The molecule has 1 aromatic carbocycles. The molecular formula is C15H17F2N7OS. The number of amides is 1. The summed E-state index contributed by atoms with van der Waals surface area (Å²) >= 11 is 1.03. The molecule has 1 fully saturated rings. The summed E-state index contributed by atoms with van der Waals surface area (Å²) in [5.41, 5.74) is 3.73. The summed E-state index contributed by atoms with van der Waals surface area (Å²) in [6.45, 7) is 0. The van der Waals surface area contributed by atoms with Gasteiger partial charge in [0.25, 0.3) is 5.95 Å². The average Bonchev–Trinajstić information content (AvgIpc) is 3.24. The number of halogens is 2. The van der Waals surface area contributed by atoms with E-state index in [9.17, 15) is 13.6 Å². The molecule has 2 aromatic rings. The van der Waals surface area contributed by atoms with Gasteiger partial charge in [0.05, 0.1) is 11.4 Å². The van der Waals surface area contributed by atoms with Crippen LogP contribution < -0.4 is 16.6 Å². The number of nitrogens with zero attached hydrogens (tertiary/aromatic N) is 4. The number of benzene rings is 1. The number of hydrogen-bond donors (Lipinski definition) is 3. The highest BCUT2D eigenvalue weighted by molar-refractivity contribution is 7.99. The van der Waals surface area contributed by atoms with Gasteiger partial charge in [0, 0.05) is 11.8 Å². The minimum absolute atomic E-state index is 0.0688. The maximum atomic E-state index is 13.5. The van der Waals surface area contributed by atoms with Crippen molar-refractivity contribution < 1.29 is 13.6 Å². The smallest absolute Gasteiger partial charge is 0.264 e. The van der Waals surface area contributed by atoms with E-state index in [-0.39, 0.29) is 17.4 Å². The van der Waals surface area contributed by atoms with Gasteiger partial charge in [-0.15, -0.1) is 10.2 Å². The van der Waals surface area contributed by atoms with Gasteiger partial charge in [0.1, 0.15) is 11.6 Å². The Morgan fingerprint density at radius 1 is 1.31 bits per heavy atom. The first-order valence-electron chi connectivity index (χ1n) is 7.92. The van der Waals surface area contributed by atoms with E-state index in [1.165, 1.54) is 4.68 Å². The molecule has 11 heteroatoms. The van der Waals surface area contributed by atoms with Crippen molar-refractivity contribution in [1.82, 2.24) is 14.9 Å². The van der Waals surface area contributed by atoms with Gasteiger partial charge in [-0.05, 0) is 37.8 Å². The number of nitrogen functional groups attached to an aromatic ring is 1. The molecule has 1 saturated carbocycles. The molecule has 1 heterocycles. The number of nitrogens with one attached hydrogen (secondary N) is 2. The highest BCUT2D eigenvalue weighted by Gasteiger charge is 2.14. The zero-order valence-electron chi connectivity index (χ0n) is 13.7. The average molecular weight is 381 g/mol. The Labute approximate surface area is 152 Å². The second-order valence-corrected chi connectivity index (χ2v) is 6.58. The van der Waals surface area contributed by atoms with Crippen LogP contribution in [0.2, 0.25) is 0 Å². The number of nitrogens with two attached hydrogens (primary N) is 1. The molecule has 1 aliphatic carbocycles. The Hall–Kier alpha value is -2.69. The zero-order valence-corrected chi connectivity index (χ0v) is 14.5. The standard InChI is InChI=1S/C15H17F2N7OS/c16-9-5-6-12(11(17)7-9)19-13(25)8-26-15-23-22-14(24(15)18)21-20-10-3-1-2-4-10/h5-7H,1-4,8,18H2,(H,19,25)(H,21,22). The number of aromatic nitrogens is 3. The third-order valence-corrected chi connectivity index (χ3v) is 4.64. The molecule has 1 amide bonds. The largest absolute Gasteiger partial charge is 0.334 e. The normalized spacial score (nSPS) is 13.7. The van der Waals surface area contributed by atoms with E-state index in [0.29, 0.717) is 11.2 Å². The lowest BCUT2D eigenvalue weighted by molar-refractivity contribution is -0.113. The van der Waals surface area contributed by atoms with Crippen molar-refractivity contribution >= 4 is 35.0 Å². The maximum absolute atomic E-state index is 13.5. The van der Waals surface area contributed by atoms with E-state index < -0.39 is 17.5 Å². The number of carbonyl (C=O) groups is 1. The van der Waals surface area contributed by atoms with Crippen LogP contribution in [-0.2, 0) is 4.79 Å². The Bertz CT molecular complexity index is 831. The van der Waals surface area contributed by atoms with Crippen molar-refractivity contribution in [2.24, 2.45) is 5.10 Å². The minimum atomic E-state index is -0.845. The quantitative estimate of drug-likeness (QED) is 0.402. The first kappa shape index (κ1) is 18.1. The SMILES string of the molecule is Nn1c(NN=C2CCCC2)nnc1SCC(=O)Nc1ccc(F)cc1F. The van der Waals surface area contributed by atoms with Crippen LogP contribution in [0.4, 0.5) is 20.4 Å². The number of anilines is 2. The molecular weight excluding hydrogens is 364 g/mol. The van der Waals surface area contributed by atoms with Crippen molar-refractivity contribution in [3.05, 3.63) is 29.8 Å². The van der Waals surface area contributed by atoms with Gasteiger partial charge in [0.2, 0.25) is 11.1 Å². The third-order valence-electron chi connectivity index (χ3n) is 3.70. The third kappa shape index (κ3) is 4.48. The highest BCUT2D eigenvalue weighted by Crippen LogP contribution is 2.20. The molecule has 0 saturated heterocycles. The topological polar surface area (TPSA) is 110 Å². The summed E-state index contributed by atoms with van der Waals surface area (Å²) in [6, 6.07) is 2.91. The van der Waals surface area contributed by atoms with E-state index in [0.717, 1.165) is 55.3 Å². The van der Waals surface area contributed by atoms with Crippen LogP contribution in [0.5, 0.6) is 0 Å². The summed E-state index contributed by atoms with van der Waals surface area (Å²) in [7, 11) is 0. The molecule has 8 nitrogen and oxygen atoms in total. The van der Waals surface area contributed by atoms with E-state index >= 15 is 0 Å². The fourth-order valence-electron chi connectivity index (χ4n) is 2.38. The molecule has 0 spiro atoms. The van der Waals surface area contributed by atoms with Crippen LogP contribution in [0.15, 0.2) is 28.5 Å². The second-order valence-electron chi connectivity index (χ2n) is 5.63. The van der Waals surface area contributed by atoms with E-state index in [1.807, 2.05) is 0 Å². The molecule has 0 atom stereocenters.